The van der Waals surface area contributed by atoms with E-state index in [1.807, 2.05) is 23.5 Å². The van der Waals surface area contributed by atoms with Crippen molar-refractivity contribution in [3.05, 3.63) is 0 Å². The Labute approximate surface area is 94.2 Å². The number of ether oxygens (including phenoxy) is 1. The lowest BCUT2D eigenvalue weighted by atomic mass is 9.97. The highest BCUT2D eigenvalue weighted by atomic mass is 32.2. The average Bonchev–Trinajstić information content (AvgIpc) is 2.70. The van der Waals surface area contributed by atoms with Crippen molar-refractivity contribution in [3.63, 3.8) is 0 Å². The van der Waals surface area contributed by atoms with Crippen LogP contribution in [0.1, 0.15) is 13.3 Å². The first-order valence-corrected chi connectivity index (χ1v) is 7.38. The highest BCUT2D eigenvalue weighted by Crippen LogP contribution is 2.36. The van der Waals surface area contributed by atoms with Crippen LogP contribution in [0.3, 0.4) is 0 Å². The number of aliphatic hydroxyl groups excluding tert-OH is 1. The summed E-state index contributed by atoms with van der Waals surface area (Å²) in [6.07, 6.45) is 0.876. The summed E-state index contributed by atoms with van der Waals surface area (Å²) < 4.78 is 5.33. The molecular weight excluding hydrogens is 216 g/mol. The number of aliphatic hydroxyl groups is 1. The van der Waals surface area contributed by atoms with Gasteiger partial charge in [-0.3, -0.25) is 0 Å². The molecule has 2 rings (SSSR count). The molecule has 0 radical (unpaired) electrons. The van der Waals surface area contributed by atoms with Crippen molar-refractivity contribution in [1.82, 2.24) is 0 Å². The first-order valence-electron chi connectivity index (χ1n) is 5.28. The molecule has 0 aromatic rings. The van der Waals surface area contributed by atoms with Gasteiger partial charge in [-0.15, -0.1) is 0 Å². The molecule has 2 nitrogen and oxygen atoms in total. The second-order valence-corrected chi connectivity index (χ2v) is 6.80. The highest BCUT2D eigenvalue weighted by molar-refractivity contribution is 8.07. The van der Waals surface area contributed by atoms with Crippen molar-refractivity contribution in [1.29, 1.82) is 0 Å². The van der Waals surface area contributed by atoms with E-state index in [1.165, 1.54) is 11.5 Å². The van der Waals surface area contributed by atoms with Gasteiger partial charge in [0.15, 0.2) is 0 Å². The highest BCUT2D eigenvalue weighted by Gasteiger charge is 2.35. The third-order valence-corrected chi connectivity index (χ3v) is 6.22. The van der Waals surface area contributed by atoms with E-state index in [1.54, 1.807) is 0 Å². The molecule has 0 aliphatic carbocycles. The maximum Gasteiger partial charge on any atom is 0.0720 e. The SMILES string of the molecule is CC1SCCSC1C(O)C1CCOC1. The van der Waals surface area contributed by atoms with Gasteiger partial charge in [0.25, 0.3) is 0 Å². The van der Waals surface area contributed by atoms with E-state index in [-0.39, 0.29) is 6.10 Å². The predicted molar refractivity (Wildman–Crippen MR) is 63.1 cm³/mol. The predicted octanol–water partition coefficient (Wildman–Crippen LogP) is 1.62. The molecule has 0 bridgehead atoms. The Kier molecular flexibility index (Phi) is 4.05. The molecule has 4 heteroatoms. The molecule has 2 aliphatic rings. The summed E-state index contributed by atoms with van der Waals surface area (Å²) in [6, 6.07) is 0. The Balaban J connectivity index is 1.91. The lowest BCUT2D eigenvalue weighted by molar-refractivity contribution is 0.0897. The molecule has 0 aromatic carbocycles. The van der Waals surface area contributed by atoms with Crippen LogP contribution in [0.4, 0.5) is 0 Å². The zero-order chi connectivity index (χ0) is 9.97. The van der Waals surface area contributed by atoms with Crippen LogP contribution in [0.25, 0.3) is 0 Å². The molecule has 14 heavy (non-hydrogen) atoms. The van der Waals surface area contributed by atoms with Crippen LogP contribution in [0.5, 0.6) is 0 Å². The monoisotopic (exact) mass is 234 g/mol. The fourth-order valence-corrected chi connectivity index (χ4v) is 5.04. The van der Waals surface area contributed by atoms with Crippen LogP contribution in [-0.2, 0) is 4.74 Å². The summed E-state index contributed by atoms with van der Waals surface area (Å²) in [5.41, 5.74) is 0. The van der Waals surface area contributed by atoms with Crippen LogP contribution < -0.4 is 0 Å². The van der Waals surface area contributed by atoms with Crippen LogP contribution in [0, 0.1) is 5.92 Å². The second kappa shape index (κ2) is 5.10. The van der Waals surface area contributed by atoms with Crippen LogP contribution in [0.2, 0.25) is 0 Å². The number of thioether (sulfide) groups is 2. The summed E-state index contributed by atoms with van der Waals surface area (Å²) in [5.74, 6) is 2.80. The van der Waals surface area contributed by atoms with Crippen molar-refractivity contribution in [3.8, 4) is 0 Å². The van der Waals surface area contributed by atoms with Crippen molar-refractivity contribution >= 4 is 23.5 Å². The molecule has 0 amide bonds. The van der Waals surface area contributed by atoms with Crippen molar-refractivity contribution in [2.45, 2.75) is 29.9 Å². The molecule has 0 spiro atoms. The standard InChI is InChI=1S/C10H18O2S2/c1-7-10(14-5-4-13-7)9(11)8-2-3-12-6-8/h7-11H,2-6H2,1H3. The van der Waals surface area contributed by atoms with E-state index in [9.17, 15) is 5.11 Å². The maximum atomic E-state index is 10.2. The lowest BCUT2D eigenvalue weighted by Gasteiger charge is -2.33. The van der Waals surface area contributed by atoms with Crippen molar-refractivity contribution in [2.24, 2.45) is 5.92 Å². The van der Waals surface area contributed by atoms with E-state index >= 15 is 0 Å². The first kappa shape index (κ1) is 11.1. The Morgan fingerprint density at radius 3 is 2.79 bits per heavy atom. The maximum absolute atomic E-state index is 10.2. The summed E-state index contributed by atoms with van der Waals surface area (Å²) in [6.45, 7) is 3.83. The zero-order valence-corrected chi connectivity index (χ0v) is 10.1. The molecule has 2 heterocycles. The van der Waals surface area contributed by atoms with Gasteiger partial charge in [0, 0.05) is 34.5 Å². The Morgan fingerprint density at radius 2 is 2.14 bits per heavy atom. The van der Waals surface area contributed by atoms with Crippen LogP contribution >= 0.6 is 23.5 Å². The minimum atomic E-state index is -0.162. The van der Waals surface area contributed by atoms with Crippen LogP contribution in [-0.4, -0.2) is 46.4 Å². The quantitative estimate of drug-likeness (QED) is 0.786. The molecule has 0 aromatic heterocycles. The number of hydrogen-bond acceptors (Lipinski definition) is 4. The lowest BCUT2D eigenvalue weighted by Crippen LogP contribution is -2.39. The molecule has 82 valence electrons. The van der Waals surface area contributed by atoms with E-state index in [2.05, 4.69) is 6.92 Å². The fraction of sp³-hybridized carbons (Fsp3) is 1.00. The Hall–Kier alpha value is 0.620. The molecule has 1 N–H and O–H groups in total. The first-order chi connectivity index (χ1) is 6.79. The van der Waals surface area contributed by atoms with Gasteiger partial charge in [-0.05, 0) is 6.42 Å². The third kappa shape index (κ3) is 2.40. The molecule has 2 saturated heterocycles. The van der Waals surface area contributed by atoms with E-state index in [4.69, 9.17) is 4.74 Å². The fourth-order valence-electron chi connectivity index (χ4n) is 2.12. The van der Waals surface area contributed by atoms with Gasteiger partial charge in [0.1, 0.15) is 0 Å². The van der Waals surface area contributed by atoms with Gasteiger partial charge in [-0.25, -0.2) is 0 Å². The van der Waals surface area contributed by atoms with Gasteiger partial charge in [-0.1, -0.05) is 6.92 Å². The van der Waals surface area contributed by atoms with Gasteiger partial charge in [0.05, 0.1) is 12.7 Å². The summed E-state index contributed by atoms with van der Waals surface area (Å²) in [4.78, 5) is 0. The Bertz CT molecular complexity index is 183. The van der Waals surface area contributed by atoms with E-state index in [0.29, 0.717) is 16.4 Å². The molecule has 4 atom stereocenters. The minimum Gasteiger partial charge on any atom is -0.392 e. The number of rotatable bonds is 2. The molecular formula is C10H18O2S2. The molecule has 0 saturated carbocycles. The van der Waals surface area contributed by atoms with Crippen molar-refractivity contribution in [2.75, 3.05) is 24.7 Å². The Morgan fingerprint density at radius 1 is 1.36 bits per heavy atom. The van der Waals surface area contributed by atoms with E-state index < -0.39 is 0 Å². The molecule has 2 fully saturated rings. The summed E-state index contributed by atoms with van der Waals surface area (Å²) >= 11 is 3.93. The van der Waals surface area contributed by atoms with Crippen molar-refractivity contribution < 1.29 is 9.84 Å². The minimum absolute atomic E-state index is 0.162. The normalized spacial score (nSPS) is 41.1. The topological polar surface area (TPSA) is 29.5 Å². The average molecular weight is 234 g/mol. The zero-order valence-electron chi connectivity index (χ0n) is 8.52. The van der Waals surface area contributed by atoms with Gasteiger partial charge < -0.3 is 9.84 Å². The summed E-state index contributed by atoms with van der Waals surface area (Å²) in [7, 11) is 0. The van der Waals surface area contributed by atoms with Gasteiger partial charge in [-0.2, -0.15) is 23.5 Å². The molecule has 4 unspecified atom stereocenters. The number of hydrogen-bond donors (Lipinski definition) is 1. The third-order valence-electron chi connectivity index (χ3n) is 3.02. The molecule has 2 aliphatic heterocycles. The van der Waals surface area contributed by atoms with Crippen LogP contribution in [0.15, 0.2) is 0 Å². The summed E-state index contributed by atoms with van der Waals surface area (Å²) in [5, 5.41) is 11.2. The largest absolute Gasteiger partial charge is 0.392 e. The second-order valence-electron chi connectivity index (χ2n) is 4.03. The van der Waals surface area contributed by atoms with Gasteiger partial charge in [0.2, 0.25) is 0 Å². The van der Waals surface area contributed by atoms with E-state index in [0.717, 1.165) is 19.6 Å². The van der Waals surface area contributed by atoms with Gasteiger partial charge >= 0.3 is 0 Å². The smallest absolute Gasteiger partial charge is 0.0720 e.